The van der Waals surface area contributed by atoms with Gasteiger partial charge in [0.2, 0.25) is 0 Å². The van der Waals surface area contributed by atoms with Crippen molar-refractivity contribution in [1.29, 1.82) is 0 Å². The molecule has 1 radical (unpaired) electrons. The molecule has 9 heavy (non-hydrogen) atoms. The average molecular weight is 123 g/mol. The lowest BCUT2D eigenvalue weighted by molar-refractivity contribution is 0.855. The minimum Gasteiger partial charge on any atom is -0.276 e. The Morgan fingerprint density at radius 3 is 2.44 bits per heavy atom. The number of rotatable bonds is 1. The lowest BCUT2D eigenvalue weighted by atomic mass is 10.1. The van der Waals surface area contributed by atoms with Crippen molar-refractivity contribution in [3.05, 3.63) is 17.5 Å². The predicted octanol–water partition coefficient (Wildman–Crippen LogP) is 1.64. The van der Waals surface area contributed by atoms with Gasteiger partial charge in [0.05, 0.1) is 11.9 Å². The zero-order chi connectivity index (χ0) is 6.85. The van der Waals surface area contributed by atoms with Gasteiger partial charge in [-0.15, -0.1) is 0 Å². The molecule has 0 saturated carbocycles. The summed E-state index contributed by atoms with van der Waals surface area (Å²) >= 11 is 0. The van der Waals surface area contributed by atoms with Crippen LogP contribution in [0.5, 0.6) is 0 Å². The molecule has 49 valence electrons. The van der Waals surface area contributed by atoms with Crippen LogP contribution in [0.3, 0.4) is 0 Å². The van der Waals surface area contributed by atoms with Crippen LogP contribution in [0.1, 0.15) is 31.0 Å². The molecule has 0 saturated heterocycles. The maximum Gasteiger partial charge on any atom is 0.0869 e. The van der Waals surface area contributed by atoms with Crippen molar-refractivity contribution in [3.8, 4) is 0 Å². The Balaban J connectivity index is 2.94. The lowest BCUT2D eigenvalue weighted by Gasteiger charge is -1.98. The third kappa shape index (κ3) is 1.12. The molecule has 0 atom stereocenters. The van der Waals surface area contributed by atoms with Gasteiger partial charge in [-0.2, -0.15) is 5.10 Å². The number of H-pyrrole nitrogens is 1. The van der Waals surface area contributed by atoms with Crippen LogP contribution in [0.15, 0.2) is 0 Å². The quantitative estimate of drug-likeness (QED) is 0.604. The summed E-state index contributed by atoms with van der Waals surface area (Å²) in [6.07, 6.45) is 2.97. The molecule has 1 aromatic heterocycles. The standard InChI is InChI=1S/C7H11N2/c1-5(2)7-4-8-9-6(7)3/h5H,1-3H3,(H,8,9). The van der Waals surface area contributed by atoms with E-state index < -0.39 is 0 Å². The third-order valence-corrected chi connectivity index (χ3v) is 1.38. The lowest BCUT2D eigenvalue weighted by Crippen LogP contribution is -1.86. The van der Waals surface area contributed by atoms with Crippen molar-refractivity contribution in [2.75, 3.05) is 0 Å². The normalized spacial score (nSPS) is 10.7. The zero-order valence-electron chi connectivity index (χ0n) is 6.02. The minimum atomic E-state index is 0.531. The van der Waals surface area contributed by atoms with Crippen molar-refractivity contribution in [1.82, 2.24) is 10.2 Å². The molecule has 1 rings (SSSR count). The van der Waals surface area contributed by atoms with Crippen LogP contribution in [0.2, 0.25) is 0 Å². The highest BCUT2D eigenvalue weighted by Gasteiger charge is 2.03. The molecule has 0 aliphatic rings. The van der Waals surface area contributed by atoms with E-state index in [0.717, 1.165) is 5.69 Å². The second-order valence-electron chi connectivity index (χ2n) is 2.50. The van der Waals surface area contributed by atoms with Crippen LogP contribution < -0.4 is 0 Å². The molecular formula is C7H11N2. The SMILES string of the molecule is Cc1n[nH][c]c1C(C)C. The van der Waals surface area contributed by atoms with E-state index in [1.807, 2.05) is 6.92 Å². The van der Waals surface area contributed by atoms with Crippen LogP contribution in [0.4, 0.5) is 0 Å². The van der Waals surface area contributed by atoms with Gasteiger partial charge in [-0.1, -0.05) is 13.8 Å². The summed E-state index contributed by atoms with van der Waals surface area (Å²) in [5.74, 6) is 0.531. The predicted molar refractivity (Wildman–Crippen MR) is 36.2 cm³/mol. The van der Waals surface area contributed by atoms with Crippen molar-refractivity contribution in [2.45, 2.75) is 26.7 Å². The fourth-order valence-corrected chi connectivity index (χ4v) is 0.885. The summed E-state index contributed by atoms with van der Waals surface area (Å²) in [7, 11) is 0. The smallest absolute Gasteiger partial charge is 0.0869 e. The summed E-state index contributed by atoms with van der Waals surface area (Å²) in [5, 5.41) is 6.66. The molecule has 0 aliphatic heterocycles. The van der Waals surface area contributed by atoms with Gasteiger partial charge < -0.3 is 0 Å². The summed E-state index contributed by atoms with van der Waals surface area (Å²) in [6.45, 7) is 6.26. The molecule has 0 fully saturated rings. The van der Waals surface area contributed by atoms with E-state index in [0.29, 0.717) is 5.92 Å². The Hall–Kier alpha value is -0.790. The zero-order valence-corrected chi connectivity index (χ0v) is 6.02. The largest absolute Gasteiger partial charge is 0.276 e. The van der Waals surface area contributed by atoms with Crippen molar-refractivity contribution in [2.24, 2.45) is 0 Å². The minimum absolute atomic E-state index is 0.531. The van der Waals surface area contributed by atoms with Crippen LogP contribution in [-0.4, -0.2) is 10.2 Å². The number of nitrogens with zero attached hydrogens (tertiary/aromatic N) is 1. The van der Waals surface area contributed by atoms with E-state index >= 15 is 0 Å². The van der Waals surface area contributed by atoms with E-state index in [1.54, 1.807) is 0 Å². The fraction of sp³-hybridized carbons (Fsp3) is 0.571. The Labute approximate surface area is 55.3 Å². The van der Waals surface area contributed by atoms with Crippen LogP contribution in [0.25, 0.3) is 0 Å². The van der Waals surface area contributed by atoms with Crippen LogP contribution >= 0.6 is 0 Å². The molecule has 0 unspecified atom stereocenters. The van der Waals surface area contributed by atoms with Crippen LogP contribution in [-0.2, 0) is 0 Å². The maximum absolute atomic E-state index is 3.96. The van der Waals surface area contributed by atoms with E-state index in [2.05, 4.69) is 30.2 Å². The first-order valence-corrected chi connectivity index (χ1v) is 3.14. The maximum atomic E-state index is 3.96. The van der Waals surface area contributed by atoms with Gasteiger partial charge in [-0.05, 0) is 12.8 Å². The molecule has 0 amide bonds. The van der Waals surface area contributed by atoms with Crippen molar-refractivity contribution < 1.29 is 0 Å². The average Bonchev–Trinajstić information content (AvgIpc) is 2.13. The first-order valence-electron chi connectivity index (χ1n) is 3.14. The Kier molecular flexibility index (Phi) is 1.56. The highest BCUT2D eigenvalue weighted by molar-refractivity contribution is 5.16. The van der Waals surface area contributed by atoms with Gasteiger partial charge in [0, 0.05) is 5.56 Å². The van der Waals surface area contributed by atoms with E-state index in [4.69, 9.17) is 0 Å². The number of hydrogen-bond acceptors (Lipinski definition) is 1. The number of aromatic amines is 1. The molecule has 2 nitrogen and oxygen atoms in total. The molecular weight excluding hydrogens is 112 g/mol. The first-order chi connectivity index (χ1) is 4.22. The number of hydrogen-bond donors (Lipinski definition) is 1. The summed E-state index contributed by atoms with van der Waals surface area (Å²) < 4.78 is 0. The topological polar surface area (TPSA) is 28.7 Å². The highest BCUT2D eigenvalue weighted by Crippen LogP contribution is 2.14. The molecule has 0 aromatic carbocycles. The van der Waals surface area contributed by atoms with Gasteiger partial charge in [-0.3, -0.25) is 5.10 Å². The summed E-state index contributed by atoms with van der Waals surface area (Å²) in [6, 6.07) is 0. The van der Waals surface area contributed by atoms with Gasteiger partial charge in [0.15, 0.2) is 0 Å². The Morgan fingerprint density at radius 1 is 1.56 bits per heavy atom. The molecule has 1 heterocycles. The monoisotopic (exact) mass is 123 g/mol. The second-order valence-corrected chi connectivity index (χ2v) is 2.50. The molecule has 0 spiro atoms. The summed E-state index contributed by atoms with van der Waals surface area (Å²) in [4.78, 5) is 0. The summed E-state index contributed by atoms with van der Waals surface area (Å²) in [5.41, 5.74) is 2.25. The molecule has 0 bridgehead atoms. The number of aryl methyl sites for hydroxylation is 1. The van der Waals surface area contributed by atoms with Gasteiger partial charge in [0.1, 0.15) is 0 Å². The molecule has 1 N–H and O–H groups in total. The van der Waals surface area contributed by atoms with Gasteiger partial charge >= 0.3 is 0 Å². The van der Waals surface area contributed by atoms with Gasteiger partial charge in [-0.25, -0.2) is 0 Å². The van der Waals surface area contributed by atoms with E-state index in [9.17, 15) is 0 Å². The fourth-order valence-electron chi connectivity index (χ4n) is 0.885. The third-order valence-electron chi connectivity index (χ3n) is 1.38. The Morgan fingerprint density at radius 2 is 2.22 bits per heavy atom. The van der Waals surface area contributed by atoms with Crippen molar-refractivity contribution in [3.63, 3.8) is 0 Å². The Bertz CT molecular complexity index is 189. The highest BCUT2D eigenvalue weighted by atomic mass is 15.1. The van der Waals surface area contributed by atoms with Crippen molar-refractivity contribution >= 4 is 0 Å². The molecule has 1 aromatic rings. The van der Waals surface area contributed by atoms with Crippen LogP contribution in [0, 0.1) is 13.1 Å². The van der Waals surface area contributed by atoms with E-state index in [-0.39, 0.29) is 0 Å². The first kappa shape index (κ1) is 6.33. The second kappa shape index (κ2) is 2.21. The number of aromatic nitrogens is 2. The molecule has 0 aliphatic carbocycles. The van der Waals surface area contributed by atoms with Gasteiger partial charge in [0.25, 0.3) is 0 Å². The molecule has 2 heteroatoms. The van der Waals surface area contributed by atoms with E-state index in [1.165, 1.54) is 5.56 Å². The number of nitrogens with one attached hydrogen (secondary N) is 1.